The van der Waals surface area contributed by atoms with Crippen LogP contribution in [0.1, 0.15) is 25.3 Å². The SMILES string of the molecule is Cc1ccccc1-c1nnc(CSC(C)C)o1. The first-order valence-electron chi connectivity index (χ1n) is 5.67. The predicted molar refractivity (Wildman–Crippen MR) is 70.9 cm³/mol. The lowest BCUT2D eigenvalue weighted by Gasteiger charge is -2.00. The summed E-state index contributed by atoms with van der Waals surface area (Å²) in [6, 6.07) is 8.03. The Morgan fingerprint density at radius 3 is 2.71 bits per heavy atom. The quantitative estimate of drug-likeness (QED) is 0.827. The van der Waals surface area contributed by atoms with Gasteiger partial charge >= 0.3 is 0 Å². The van der Waals surface area contributed by atoms with Gasteiger partial charge in [-0.15, -0.1) is 22.0 Å². The zero-order chi connectivity index (χ0) is 12.3. The van der Waals surface area contributed by atoms with Gasteiger partial charge in [0.05, 0.1) is 5.75 Å². The number of nitrogens with zero attached hydrogens (tertiary/aromatic N) is 2. The Hall–Kier alpha value is -1.29. The molecule has 0 radical (unpaired) electrons. The Morgan fingerprint density at radius 1 is 1.24 bits per heavy atom. The van der Waals surface area contributed by atoms with Gasteiger partial charge in [-0.3, -0.25) is 0 Å². The molecular formula is C13H16N2OS. The van der Waals surface area contributed by atoms with E-state index in [1.165, 1.54) is 0 Å². The molecule has 0 bridgehead atoms. The molecular weight excluding hydrogens is 232 g/mol. The van der Waals surface area contributed by atoms with Gasteiger partial charge < -0.3 is 4.42 Å². The smallest absolute Gasteiger partial charge is 0.248 e. The molecule has 1 aromatic carbocycles. The Morgan fingerprint density at radius 2 is 2.00 bits per heavy atom. The van der Waals surface area contributed by atoms with Crippen LogP contribution in [0, 0.1) is 6.92 Å². The van der Waals surface area contributed by atoms with Crippen molar-refractivity contribution in [3.8, 4) is 11.5 Å². The van der Waals surface area contributed by atoms with Crippen LogP contribution < -0.4 is 0 Å². The Kier molecular flexibility index (Phi) is 3.84. The molecule has 0 saturated heterocycles. The van der Waals surface area contributed by atoms with Crippen molar-refractivity contribution in [1.82, 2.24) is 10.2 Å². The zero-order valence-corrected chi connectivity index (χ0v) is 11.1. The highest BCUT2D eigenvalue weighted by Crippen LogP contribution is 2.23. The van der Waals surface area contributed by atoms with Crippen LogP contribution in [0.25, 0.3) is 11.5 Å². The lowest BCUT2D eigenvalue weighted by Crippen LogP contribution is -1.88. The summed E-state index contributed by atoms with van der Waals surface area (Å²) >= 11 is 1.80. The Bertz CT molecular complexity index is 494. The second-order valence-electron chi connectivity index (χ2n) is 4.18. The van der Waals surface area contributed by atoms with E-state index >= 15 is 0 Å². The third-order valence-corrected chi connectivity index (χ3v) is 3.46. The van der Waals surface area contributed by atoms with Gasteiger partial charge in [-0.2, -0.15) is 0 Å². The highest BCUT2D eigenvalue weighted by Gasteiger charge is 2.10. The molecule has 0 unspecified atom stereocenters. The van der Waals surface area contributed by atoms with E-state index in [2.05, 4.69) is 24.0 Å². The standard InChI is InChI=1S/C13H16N2OS/c1-9(2)17-8-12-14-15-13(16-12)11-7-5-4-6-10(11)3/h4-7,9H,8H2,1-3H3. The maximum Gasteiger partial charge on any atom is 0.248 e. The number of benzene rings is 1. The van der Waals surface area contributed by atoms with Crippen LogP contribution in [0.5, 0.6) is 0 Å². The van der Waals surface area contributed by atoms with Crippen molar-refractivity contribution in [3.63, 3.8) is 0 Å². The number of hydrogen-bond donors (Lipinski definition) is 0. The number of hydrogen-bond acceptors (Lipinski definition) is 4. The minimum absolute atomic E-state index is 0.573. The number of aromatic nitrogens is 2. The lowest BCUT2D eigenvalue weighted by molar-refractivity contribution is 0.528. The Balaban J connectivity index is 2.16. The molecule has 4 heteroatoms. The largest absolute Gasteiger partial charge is 0.420 e. The summed E-state index contributed by atoms with van der Waals surface area (Å²) in [5.74, 6) is 2.08. The fourth-order valence-corrected chi connectivity index (χ4v) is 2.06. The van der Waals surface area contributed by atoms with Crippen molar-refractivity contribution >= 4 is 11.8 Å². The molecule has 1 heterocycles. The van der Waals surface area contributed by atoms with Gasteiger partial charge in [0.1, 0.15) is 0 Å². The monoisotopic (exact) mass is 248 g/mol. The fraction of sp³-hybridized carbons (Fsp3) is 0.385. The first-order chi connectivity index (χ1) is 8.16. The molecule has 2 aromatic rings. The van der Waals surface area contributed by atoms with E-state index < -0.39 is 0 Å². The van der Waals surface area contributed by atoms with Crippen LogP contribution in [0.4, 0.5) is 0 Å². The second-order valence-corrected chi connectivity index (χ2v) is 5.74. The zero-order valence-electron chi connectivity index (χ0n) is 10.3. The summed E-state index contributed by atoms with van der Waals surface area (Å²) in [6.45, 7) is 6.36. The van der Waals surface area contributed by atoms with E-state index in [-0.39, 0.29) is 0 Å². The summed E-state index contributed by atoms with van der Waals surface area (Å²) in [5, 5.41) is 8.74. The first-order valence-corrected chi connectivity index (χ1v) is 6.71. The van der Waals surface area contributed by atoms with Gasteiger partial charge in [0.15, 0.2) is 0 Å². The van der Waals surface area contributed by atoms with Gasteiger partial charge in [0.25, 0.3) is 0 Å². The molecule has 0 spiro atoms. The van der Waals surface area contributed by atoms with Gasteiger partial charge in [-0.05, 0) is 23.8 Å². The van der Waals surface area contributed by atoms with E-state index in [4.69, 9.17) is 4.42 Å². The molecule has 0 aliphatic carbocycles. The molecule has 3 nitrogen and oxygen atoms in total. The normalized spacial score (nSPS) is 11.1. The van der Waals surface area contributed by atoms with E-state index in [1.807, 2.05) is 31.2 Å². The fourth-order valence-electron chi connectivity index (χ4n) is 1.47. The molecule has 0 N–H and O–H groups in total. The third-order valence-electron chi connectivity index (χ3n) is 2.38. The van der Waals surface area contributed by atoms with Crippen molar-refractivity contribution < 1.29 is 4.42 Å². The van der Waals surface area contributed by atoms with E-state index in [0.717, 1.165) is 16.9 Å². The molecule has 0 fully saturated rings. The van der Waals surface area contributed by atoms with E-state index in [9.17, 15) is 0 Å². The summed E-state index contributed by atoms with van der Waals surface area (Å²) in [4.78, 5) is 0. The minimum Gasteiger partial charge on any atom is -0.420 e. The molecule has 0 amide bonds. The summed E-state index contributed by atoms with van der Waals surface area (Å²) < 4.78 is 5.66. The van der Waals surface area contributed by atoms with Gasteiger partial charge in [-0.25, -0.2) is 0 Å². The van der Waals surface area contributed by atoms with Gasteiger partial charge in [0.2, 0.25) is 11.8 Å². The molecule has 17 heavy (non-hydrogen) atoms. The number of aryl methyl sites for hydroxylation is 1. The molecule has 90 valence electrons. The van der Waals surface area contributed by atoms with Crippen molar-refractivity contribution in [2.24, 2.45) is 0 Å². The molecule has 0 aliphatic rings. The molecule has 1 aromatic heterocycles. The predicted octanol–water partition coefficient (Wildman–Crippen LogP) is 3.69. The maximum atomic E-state index is 5.66. The molecule has 2 rings (SSSR count). The molecule has 0 atom stereocenters. The summed E-state index contributed by atoms with van der Waals surface area (Å²) in [7, 11) is 0. The van der Waals surface area contributed by atoms with Crippen molar-refractivity contribution in [1.29, 1.82) is 0 Å². The topological polar surface area (TPSA) is 38.9 Å². The van der Waals surface area contributed by atoms with Crippen LogP contribution >= 0.6 is 11.8 Å². The third kappa shape index (κ3) is 3.09. The van der Waals surface area contributed by atoms with Crippen molar-refractivity contribution in [3.05, 3.63) is 35.7 Å². The minimum atomic E-state index is 0.573. The van der Waals surface area contributed by atoms with E-state index in [1.54, 1.807) is 11.8 Å². The molecule has 0 saturated carbocycles. The highest BCUT2D eigenvalue weighted by molar-refractivity contribution is 7.99. The van der Waals surface area contributed by atoms with Crippen molar-refractivity contribution in [2.75, 3.05) is 0 Å². The first kappa shape index (κ1) is 12.2. The van der Waals surface area contributed by atoms with Gasteiger partial charge in [-0.1, -0.05) is 32.0 Å². The molecule has 0 aliphatic heterocycles. The maximum absolute atomic E-state index is 5.66. The van der Waals surface area contributed by atoms with Crippen molar-refractivity contribution in [2.45, 2.75) is 31.8 Å². The lowest BCUT2D eigenvalue weighted by atomic mass is 10.1. The Labute approximate surface area is 106 Å². The van der Waals surface area contributed by atoms with E-state index in [0.29, 0.717) is 17.0 Å². The number of thioether (sulfide) groups is 1. The van der Waals surface area contributed by atoms with Crippen LogP contribution in [0.3, 0.4) is 0 Å². The van der Waals surface area contributed by atoms with Gasteiger partial charge in [0, 0.05) is 5.56 Å². The van der Waals surface area contributed by atoms with Crippen LogP contribution in [-0.4, -0.2) is 15.4 Å². The van der Waals surface area contributed by atoms with Crippen LogP contribution in [0.2, 0.25) is 0 Å². The summed E-state index contributed by atoms with van der Waals surface area (Å²) in [6.07, 6.45) is 0. The second kappa shape index (κ2) is 5.36. The average molecular weight is 248 g/mol. The summed E-state index contributed by atoms with van der Waals surface area (Å²) in [5.41, 5.74) is 2.17. The average Bonchev–Trinajstić information content (AvgIpc) is 2.75. The van der Waals surface area contributed by atoms with Crippen LogP contribution in [0.15, 0.2) is 28.7 Å². The number of rotatable bonds is 4. The van der Waals surface area contributed by atoms with Crippen LogP contribution in [-0.2, 0) is 5.75 Å². The highest BCUT2D eigenvalue weighted by atomic mass is 32.2.